The van der Waals surface area contributed by atoms with E-state index in [9.17, 15) is 5.11 Å². The van der Waals surface area contributed by atoms with Crippen molar-refractivity contribution in [2.75, 3.05) is 5.32 Å². The number of benzene rings is 1. The first-order chi connectivity index (χ1) is 9.34. The number of phenols is 1. The van der Waals surface area contributed by atoms with E-state index in [-0.39, 0.29) is 11.2 Å². The van der Waals surface area contributed by atoms with Crippen molar-refractivity contribution in [3.63, 3.8) is 0 Å². The van der Waals surface area contributed by atoms with E-state index >= 15 is 0 Å². The first kappa shape index (κ1) is 14.8. The van der Waals surface area contributed by atoms with Gasteiger partial charge in [0.1, 0.15) is 22.0 Å². The summed E-state index contributed by atoms with van der Waals surface area (Å²) in [5.74, 6) is 1.85. The van der Waals surface area contributed by atoms with Gasteiger partial charge < -0.3 is 10.4 Å². The van der Waals surface area contributed by atoms with E-state index in [0.29, 0.717) is 6.54 Å². The lowest BCUT2D eigenvalue weighted by atomic mass is 9.96. The molecule has 0 aliphatic heterocycles. The van der Waals surface area contributed by atoms with Crippen LogP contribution in [0.2, 0.25) is 0 Å². The summed E-state index contributed by atoms with van der Waals surface area (Å²) in [7, 11) is 0. The number of aromatic nitrogens is 2. The van der Waals surface area contributed by atoms with Crippen LogP contribution in [0.15, 0.2) is 34.9 Å². The standard InChI is InChI=1S/C15H18BrN3O/c1-15(2,3)14-18-12(16)8-13(19-14)17-9-10-4-6-11(20)7-5-10/h4-8,20H,9H2,1-3H3,(H,17,18,19). The molecular weight excluding hydrogens is 318 g/mol. The van der Waals surface area contributed by atoms with Gasteiger partial charge in [0.2, 0.25) is 0 Å². The molecule has 0 spiro atoms. The molecule has 0 atom stereocenters. The van der Waals surface area contributed by atoms with Gasteiger partial charge >= 0.3 is 0 Å². The molecule has 2 rings (SSSR count). The second kappa shape index (κ2) is 5.79. The highest BCUT2D eigenvalue weighted by molar-refractivity contribution is 9.10. The molecule has 0 radical (unpaired) electrons. The normalized spacial score (nSPS) is 11.4. The molecular formula is C15H18BrN3O. The number of phenolic OH excluding ortho intramolecular Hbond substituents is 1. The van der Waals surface area contributed by atoms with Crippen LogP contribution in [0, 0.1) is 0 Å². The van der Waals surface area contributed by atoms with Crippen LogP contribution >= 0.6 is 15.9 Å². The summed E-state index contributed by atoms with van der Waals surface area (Å²) < 4.78 is 0.769. The third-order valence-electron chi connectivity index (χ3n) is 2.78. The van der Waals surface area contributed by atoms with Gasteiger partial charge in [0.05, 0.1) is 0 Å². The number of rotatable bonds is 3. The van der Waals surface area contributed by atoms with Crippen molar-refractivity contribution in [3.05, 3.63) is 46.3 Å². The predicted octanol–water partition coefficient (Wildman–Crippen LogP) is 3.85. The van der Waals surface area contributed by atoms with E-state index in [0.717, 1.165) is 21.8 Å². The minimum atomic E-state index is -0.0985. The maximum absolute atomic E-state index is 9.26. The van der Waals surface area contributed by atoms with Gasteiger partial charge in [-0.1, -0.05) is 32.9 Å². The van der Waals surface area contributed by atoms with E-state index < -0.39 is 0 Å². The Morgan fingerprint density at radius 1 is 1.15 bits per heavy atom. The van der Waals surface area contributed by atoms with E-state index in [2.05, 4.69) is 52.0 Å². The van der Waals surface area contributed by atoms with Gasteiger partial charge in [-0.05, 0) is 33.6 Å². The van der Waals surface area contributed by atoms with Crippen LogP contribution in [-0.4, -0.2) is 15.1 Å². The second-order valence-corrected chi connectivity index (χ2v) is 6.48. The van der Waals surface area contributed by atoms with Crippen molar-refractivity contribution in [2.24, 2.45) is 0 Å². The van der Waals surface area contributed by atoms with Gasteiger partial charge in [-0.15, -0.1) is 0 Å². The second-order valence-electron chi connectivity index (χ2n) is 5.67. The first-order valence-corrected chi connectivity index (χ1v) is 7.21. The molecule has 0 unspecified atom stereocenters. The van der Waals surface area contributed by atoms with Gasteiger partial charge in [-0.3, -0.25) is 0 Å². The van der Waals surface area contributed by atoms with Crippen LogP contribution in [0.3, 0.4) is 0 Å². The van der Waals surface area contributed by atoms with Crippen molar-refractivity contribution in [1.29, 1.82) is 0 Å². The van der Waals surface area contributed by atoms with E-state index in [1.165, 1.54) is 0 Å². The SMILES string of the molecule is CC(C)(C)c1nc(Br)cc(NCc2ccc(O)cc2)n1. The summed E-state index contributed by atoms with van der Waals surface area (Å²) >= 11 is 3.42. The van der Waals surface area contributed by atoms with Crippen LogP contribution in [-0.2, 0) is 12.0 Å². The number of nitrogens with zero attached hydrogens (tertiary/aromatic N) is 2. The zero-order valence-corrected chi connectivity index (χ0v) is 13.4. The molecule has 0 bridgehead atoms. The maximum Gasteiger partial charge on any atom is 0.137 e. The minimum Gasteiger partial charge on any atom is -0.508 e. The summed E-state index contributed by atoms with van der Waals surface area (Å²) in [5, 5.41) is 12.5. The third-order valence-corrected chi connectivity index (χ3v) is 3.18. The minimum absolute atomic E-state index is 0.0985. The molecule has 2 aromatic rings. The Labute approximate surface area is 127 Å². The molecule has 0 amide bonds. The molecule has 1 aromatic heterocycles. The van der Waals surface area contributed by atoms with Crippen molar-refractivity contribution < 1.29 is 5.11 Å². The quantitative estimate of drug-likeness (QED) is 0.836. The average molecular weight is 336 g/mol. The molecule has 106 valence electrons. The molecule has 20 heavy (non-hydrogen) atoms. The molecule has 1 aromatic carbocycles. The summed E-state index contributed by atoms with van der Waals surface area (Å²) in [6.45, 7) is 6.89. The maximum atomic E-state index is 9.26. The highest BCUT2D eigenvalue weighted by Crippen LogP contribution is 2.22. The van der Waals surface area contributed by atoms with Crippen molar-refractivity contribution in [2.45, 2.75) is 32.7 Å². The summed E-state index contributed by atoms with van der Waals surface area (Å²) in [4.78, 5) is 8.94. The Morgan fingerprint density at radius 2 is 1.80 bits per heavy atom. The molecule has 5 heteroatoms. The third kappa shape index (κ3) is 3.93. The molecule has 4 nitrogen and oxygen atoms in total. The largest absolute Gasteiger partial charge is 0.508 e. The first-order valence-electron chi connectivity index (χ1n) is 6.41. The molecule has 0 aliphatic rings. The average Bonchev–Trinajstić information content (AvgIpc) is 2.36. The van der Waals surface area contributed by atoms with Crippen LogP contribution in [0.5, 0.6) is 5.75 Å². The van der Waals surface area contributed by atoms with Gasteiger partial charge in [0.15, 0.2) is 0 Å². The highest BCUT2D eigenvalue weighted by atomic mass is 79.9. The number of nitrogens with one attached hydrogen (secondary N) is 1. The number of anilines is 1. The van der Waals surface area contributed by atoms with Crippen molar-refractivity contribution in [3.8, 4) is 5.75 Å². The number of hydrogen-bond donors (Lipinski definition) is 2. The molecule has 0 saturated carbocycles. The lowest BCUT2D eigenvalue weighted by Crippen LogP contribution is -2.17. The zero-order valence-electron chi connectivity index (χ0n) is 11.8. The predicted molar refractivity (Wildman–Crippen MR) is 83.9 cm³/mol. The molecule has 0 aliphatic carbocycles. The fourth-order valence-corrected chi connectivity index (χ4v) is 2.03. The van der Waals surface area contributed by atoms with Gasteiger partial charge in [0.25, 0.3) is 0 Å². The van der Waals surface area contributed by atoms with Gasteiger partial charge in [0, 0.05) is 18.0 Å². The number of aromatic hydroxyl groups is 1. The topological polar surface area (TPSA) is 58.0 Å². The van der Waals surface area contributed by atoms with Gasteiger partial charge in [-0.25, -0.2) is 9.97 Å². The lowest BCUT2D eigenvalue weighted by molar-refractivity contribution is 0.475. The van der Waals surface area contributed by atoms with Crippen LogP contribution < -0.4 is 5.32 Å². The van der Waals surface area contributed by atoms with E-state index in [1.807, 2.05) is 18.2 Å². The fourth-order valence-electron chi connectivity index (χ4n) is 1.65. The van der Waals surface area contributed by atoms with Crippen molar-refractivity contribution >= 4 is 21.7 Å². The summed E-state index contributed by atoms with van der Waals surface area (Å²) in [5.41, 5.74) is 0.980. The lowest BCUT2D eigenvalue weighted by Gasteiger charge is -2.18. The zero-order chi connectivity index (χ0) is 14.8. The highest BCUT2D eigenvalue weighted by Gasteiger charge is 2.18. The Hall–Kier alpha value is -1.62. The Bertz CT molecular complexity index is 591. The van der Waals surface area contributed by atoms with Crippen molar-refractivity contribution in [1.82, 2.24) is 9.97 Å². The van der Waals surface area contributed by atoms with E-state index in [4.69, 9.17) is 0 Å². The van der Waals surface area contributed by atoms with Crippen LogP contribution in [0.4, 0.5) is 5.82 Å². The Morgan fingerprint density at radius 3 is 2.40 bits per heavy atom. The molecule has 0 fully saturated rings. The summed E-state index contributed by atoms with van der Waals surface area (Å²) in [6.07, 6.45) is 0. The fraction of sp³-hybridized carbons (Fsp3) is 0.333. The Balaban J connectivity index is 2.13. The smallest absolute Gasteiger partial charge is 0.137 e. The van der Waals surface area contributed by atoms with E-state index in [1.54, 1.807) is 12.1 Å². The Kier molecular flexibility index (Phi) is 4.28. The van der Waals surface area contributed by atoms with Crippen LogP contribution in [0.1, 0.15) is 32.2 Å². The summed E-state index contributed by atoms with van der Waals surface area (Å²) in [6, 6.07) is 8.96. The van der Waals surface area contributed by atoms with Gasteiger partial charge in [-0.2, -0.15) is 0 Å². The van der Waals surface area contributed by atoms with Crippen LogP contribution in [0.25, 0.3) is 0 Å². The monoisotopic (exact) mass is 335 g/mol. The molecule has 0 saturated heterocycles. The molecule has 2 N–H and O–H groups in total. The number of hydrogen-bond acceptors (Lipinski definition) is 4. The number of halogens is 1. The molecule has 1 heterocycles.